The lowest BCUT2D eigenvalue weighted by Gasteiger charge is -2.07. The molecule has 0 bridgehead atoms. The summed E-state index contributed by atoms with van der Waals surface area (Å²) in [6, 6.07) is 7.98. The van der Waals surface area contributed by atoms with Crippen LogP contribution >= 0.6 is 0 Å². The van der Waals surface area contributed by atoms with Gasteiger partial charge in [0.25, 0.3) is 0 Å². The summed E-state index contributed by atoms with van der Waals surface area (Å²) >= 11 is 0. The Morgan fingerprint density at radius 3 is 2.24 bits per heavy atom. The largest absolute Gasteiger partial charge is 0.497 e. The van der Waals surface area contributed by atoms with Gasteiger partial charge in [0.1, 0.15) is 5.75 Å². The van der Waals surface area contributed by atoms with E-state index < -0.39 is 8.07 Å². The summed E-state index contributed by atoms with van der Waals surface area (Å²) in [5.74, 6) is 1.17. The number of hydrogen-bond donors (Lipinski definition) is 0. The number of esters is 1. The highest BCUT2D eigenvalue weighted by Gasteiger charge is 2.54. The number of rotatable bonds is 5. The first-order valence-corrected chi connectivity index (χ1v) is 10.9. The van der Waals surface area contributed by atoms with Gasteiger partial charge >= 0.3 is 5.97 Å². The standard InChI is InChI=1S/C17H24O3Si/c1-19-13-8-6-12(7-9-13)15-14(10-11-21(3,4)5)16(15)17(18)20-2/h6-11,14-16H,1-5H3/b11-10+/t14-,15+,16+/m0/s1. The Morgan fingerprint density at radius 1 is 1.14 bits per heavy atom. The zero-order valence-electron chi connectivity index (χ0n) is 13.4. The van der Waals surface area contributed by atoms with Crippen LogP contribution in [0.15, 0.2) is 36.0 Å². The monoisotopic (exact) mass is 304 g/mol. The summed E-state index contributed by atoms with van der Waals surface area (Å²) in [4.78, 5) is 11.9. The van der Waals surface area contributed by atoms with Crippen LogP contribution in [-0.4, -0.2) is 28.3 Å². The van der Waals surface area contributed by atoms with E-state index in [1.165, 1.54) is 12.7 Å². The van der Waals surface area contributed by atoms with Crippen molar-refractivity contribution in [3.63, 3.8) is 0 Å². The smallest absolute Gasteiger partial charge is 0.309 e. The highest BCUT2D eigenvalue weighted by Crippen LogP contribution is 2.55. The van der Waals surface area contributed by atoms with E-state index >= 15 is 0 Å². The van der Waals surface area contributed by atoms with Crippen LogP contribution < -0.4 is 4.74 Å². The molecule has 0 saturated heterocycles. The summed E-state index contributed by atoms with van der Waals surface area (Å²) in [6.45, 7) is 6.88. The normalized spacial score (nSPS) is 24.9. The summed E-state index contributed by atoms with van der Waals surface area (Å²) in [6.07, 6.45) is 2.22. The van der Waals surface area contributed by atoms with Crippen LogP contribution in [0.2, 0.25) is 19.6 Å². The summed E-state index contributed by atoms with van der Waals surface area (Å²) < 4.78 is 10.1. The van der Waals surface area contributed by atoms with Crippen molar-refractivity contribution < 1.29 is 14.3 Å². The Bertz CT molecular complexity index is 528. The lowest BCUT2D eigenvalue weighted by atomic mass is 10.1. The fourth-order valence-electron chi connectivity index (χ4n) is 2.67. The van der Waals surface area contributed by atoms with Crippen LogP contribution in [0, 0.1) is 11.8 Å². The van der Waals surface area contributed by atoms with Gasteiger partial charge in [-0.3, -0.25) is 4.79 Å². The topological polar surface area (TPSA) is 35.5 Å². The maximum atomic E-state index is 11.9. The summed E-state index contributed by atoms with van der Waals surface area (Å²) in [7, 11) is 1.87. The molecule has 0 amide bonds. The van der Waals surface area contributed by atoms with E-state index in [0.717, 1.165) is 5.75 Å². The predicted molar refractivity (Wildman–Crippen MR) is 87.2 cm³/mol. The number of carbonyl (C=O) groups excluding carboxylic acids is 1. The molecule has 0 aliphatic heterocycles. The Morgan fingerprint density at radius 2 is 1.76 bits per heavy atom. The molecule has 3 atom stereocenters. The third-order valence-corrected chi connectivity index (χ3v) is 5.06. The third-order valence-electron chi connectivity index (χ3n) is 3.87. The van der Waals surface area contributed by atoms with Gasteiger partial charge in [0.05, 0.1) is 28.2 Å². The highest BCUT2D eigenvalue weighted by atomic mass is 28.3. The first-order chi connectivity index (χ1) is 9.87. The quantitative estimate of drug-likeness (QED) is 0.615. The molecular weight excluding hydrogens is 280 g/mol. The van der Waals surface area contributed by atoms with Crippen molar-refractivity contribution in [2.45, 2.75) is 25.6 Å². The third kappa shape index (κ3) is 3.76. The van der Waals surface area contributed by atoms with Crippen LogP contribution in [-0.2, 0) is 9.53 Å². The molecule has 3 nitrogen and oxygen atoms in total. The molecule has 1 aromatic rings. The summed E-state index contributed by atoms with van der Waals surface area (Å²) in [5.41, 5.74) is 3.49. The molecule has 0 spiro atoms. The number of methoxy groups -OCH3 is 2. The fraction of sp³-hybridized carbons (Fsp3) is 0.471. The van der Waals surface area contributed by atoms with Gasteiger partial charge in [-0.25, -0.2) is 0 Å². The van der Waals surface area contributed by atoms with Crippen LogP contribution in [0.4, 0.5) is 0 Å². The zero-order chi connectivity index (χ0) is 15.6. The van der Waals surface area contributed by atoms with Gasteiger partial charge in [-0.2, -0.15) is 0 Å². The van der Waals surface area contributed by atoms with E-state index in [4.69, 9.17) is 9.47 Å². The fourth-order valence-corrected chi connectivity index (χ4v) is 3.47. The number of allylic oxidation sites excluding steroid dienone is 1. The molecule has 0 N–H and O–H groups in total. The van der Waals surface area contributed by atoms with Gasteiger partial charge in [-0.1, -0.05) is 43.5 Å². The maximum absolute atomic E-state index is 11.9. The molecule has 1 fully saturated rings. The van der Waals surface area contributed by atoms with E-state index in [2.05, 4.69) is 31.4 Å². The molecule has 1 aliphatic rings. The molecule has 21 heavy (non-hydrogen) atoms. The maximum Gasteiger partial charge on any atom is 0.309 e. The molecule has 0 heterocycles. The number of hydrogen-bond acceptors (Lipinski definition) is 3. The van der Waals surface area contributed by atoms with Crippen molar-refractivity contribution in [3.05, 3.63) is 41.6 Å². The SMILES string of the molecule is COC(=O)[C@@H]1[C@@H](/C=C/[Si](C)(C)C)[C@H]1c1ccc(OC)cc1. The van der Waals surface area contributed by atoms with Gasteiger partial charge in [0.15, 0.2) is 0 Å². The van der Waals surface area contributed by atoms with E-state index in [1.807, 2.05) is 24.3 Å². The molecule has 114 valence electrons. The minimum absolute atomic E-state index is 0.0454. The van der Waals surface area contributed by atoms with Crippen molar-refractivity contribution in [2.24, 2.45) is 11.8 Å². The second-order valence-electron chi connectivity index (χ2n) is 6.65. The minimum atomic E-state index is -1.25. The van der Waals surface area contributed by atoms with Crippen LogP contribution in [0.25, 0.3) is 0 Å². The molecule has 2 rings (SSSR count). The van der Waals surface area contributed by atoms with E-state index in [-0.39, 0.29) is 23.7 Å². The average molecular weight is 304 g/mol. The van der Waals surface area contributed by atoms with Gasteiger partial charge in [-0.05, 0) is 23.6 Å². The Labute approximate surface area is 128 Å². The van der Waals surface area contributed by atoms with Gasteiger partial charge in [0.2, 0.25) is 0 Å². The number of ether oxygens (including phenoxy) is 2. The van der Waals surface area contributed by atoms with Gasteiger partial charge in [-0.15, -0.1) is 0 Å². The molecule has 1 aliphatic carbocycles. The van der Waals surface area contributed by atoms with E-state index in [9.17, 15) is 4.79 Å². The summed E-state index contributed by atoms with van der Waals surface area (Å²) in [5, 5.41) is 0. The number of benzene rings is 1. The first-order valence-electron chi connectivity index (χ1n) is 7.28. The van der Waals surface area contributed by atoms with Crippen molar-refractivity contribution in [1.29, 1.82) is 0 Å². The van der Waals surface area contributed by atoms with Crippen molar-refractivity contribution in [1.82, 2.24) is 0 Å². The Kier molecular flexibility index (Phi) is 4.57. The van der Waals surface area contributed by atoms with Crippen LogP contribution in [0.3, 0.4) is 0 Å². The molecule has 0 unspecified atom stereocenters. The van der Waals surface area contributed by atoms with Crippen molar-refractivity contribution >= 4 is 14.0 Å². The van der Waals surface area contributed by atoms with Gasteiger partial charge < -0.3 is 9.47 Å². The molecule has 0 radical (unpaired) electrons. The number of carbonyl (C=O) groups is 1. The zero-order valence-corrected chi connectivity index (χ0v) is 14.4. The highest BCUT2D eigenvalue weighted by molar-refractivity contribution is 6.80. The average Bonchev–Trinajstić information content (AvgIpc) is 3.18. The van der Waals surface area contributed by atoms with Gasteiger partial charge in [0, 0.05) is 5.92 Å². The minimum Gasteiger partial charge on any atom is -0.497 e. The second-order valence-corrected chi connectivity index (χ2v) is 11.7. The lowest BCUT2D eigenvalue weighted by molar-refractivity contribution is -0.142. The predicted octanol–water partition coefficient (Wildman–Crippen LogP) is 3.63. The van der Waals surface area contributed by atoms with Crippen LogP contribution in [0.5, 0.6) is 5.75 Å². The van der Waals surface area contributed by atoms with E-state index in [1.54, 1.807) is 7.11 Å². The molecule has 1 aromatic carbocycles. The van der Waals surface area contributed by atoms with Crippen molar-refractivity contribution in [2.75, 3.05) is 14.2 Å². The van der Waals surface area contributed by atoms with Crippen molar-refractivity contribution in [3.8, 4) is 5.75 Å². The molecule has 4 heteroatoms. The Balaban J connectivity index is 2.19. The molecule has 0 aromatic heterocycles. The molecule has 1 saturated carbocycles. The lowest BCUT2D eigenvalue weighted by Crippen LogP contribution is -2.15. The van der Waals surface area contributed by atoms with Crippen LogP contribution in [0.1, 0.15) is 11.5 Å². The van der Waals surface area contributed by atoms with E-state index in [0.29, 0.717) is 0 Å². The Hall–Kier alpha value is -1.55. The first kappa shape index (κ1) is 15.8. The second kappa shape index (κ2) is 6.06. The molecular formula is C17H24O3Si.